The molecule has 0 aliphatic heterocycles. The molecule has 1 amide bonds. The van der Waals surface area contributed by atoms with Crippen LogP contribution in [0.3, 0.4) is 0 Å². The topological polar surface area (TPSA) is 81.7 Å². The van der Waals surface area contributed by atoms with Crippen LogP contribution in [0.25, 0.3) is 0 Å². The molecule has 6 heteroatoms. The number of esters is 2. The second-order valence-corrected chi connectivity index (χ2v) is 2.33. The van der Waals surface area contributed by atoms with Crippen molar-refractivity contribution in [3.63, 3.8) is 0 Å². The summed E-state index contributed by atoms with van der Waals surface area (Å²) in [6, 6.07) is 0. The summed E-state index contributed by atoms with van der Waals surface area (Å²) in [5.74, 6) is -1.75. The maximum absolute atomic E-state index is 10.9. The highest BCUT2D eigenvalue weighted by Gasteiger charge is 2.10. The summed E-state index contributed by atoms with van der Waals surface area (Å²) in [4.78, 5) is 32.2. The van der Waals surface area contributed by atoms with Gasteiger partial charge in [0.1, 0.15) is 13.0 Å². The smallest absolute Gasteiger partial charge is 0.325 e. The molecule has 0 spiro atoms. The molecule has 0 aromatic carbocycles. The van der Waals surface area contributed by atoms with E-state index in [0.29, 0.717) is 0 Å². The predicted octanol–water partition coefficient (Wildman–Crippen LogP) is -0.771. The molecule has 0 bridgehead atoms. The molecule has 0 fully saturated rings. The minimum Gasteiger partial charge on any atom is -0.469 e. The molecule has 0 aliphatic rings. The van der Waals surface area contributed by atoms with E-state index in [1.807, 2.05) is 0 Å². The maximum Gasteiger partial charge on any atom is 0.325 e. The standard InChI is InChI=1S/C8H13NO5/c1-3-14-8(12)5-9-6(10)4-7(11)13-2/h3-5H2,1-2H3,(H,9,10). The number of nitrogens with one attached hydrogen (secondary N) is 1. The van der Waals surface area contributed by atoms with Crippen LogP contribution in [0.4, 0.5) is 0 Å². The van der Waals surface area contributed by atoms with E-state index in [-0.39, 0.29) is 13.2 Å². The van der Waals surface area contributed by atoms with Gasteiger partial charge in [0, 0.05) is 0 Å². The summed E-state index contributed by atoms with van der Waals surface area (Å²) < 4.78 is 8.81. The Balaban J connectivity index is 3.63. The van der Waals surface area contributed by atoms with E-state index in [1.165, 1.54) is 7.11 Å². The summed E-state index contributed by atoms with van der Waals surface area (Å²) in [7, 11) is 1.18. The first-order valence-electron chi connectivity index (χ1n) is 4.09. The van der Waals surface area contributed by atoms with Crippen LogP contribution in [0.2, 0.25) is 0 Å². The number of amides is 1. The molecule has 0 unspecified atom stereocenters. The number of ether oxygens (including phenoxy) is 2. The number of carbonyl (C=O) groups is 3. The average molecular weight is 203 g/mol. The van der Waals surface area contributed by atoms with E-state index in [0.717, 1.165) is 0 Å². The van der Waals surface area contributed by atoms with Crippen LogP contribution in [0, 0.1) is 0 Å². The van der Waals surface area contributed by atoms with Crippen LogP contribution in [0.5, 0.6) is 0 Å². The lowest BCUT2D eigenvalue weighted by Crippen LogP contribution is -2.32. The average Bonchev–Trinajstić information content (AvgIpc) is 2.15. The number of hydrogen-bond donors (Lipinski definition) is 1. The van der Waals surface area contributed by atoms with E-state index >= 15 is 0 Å². The zero-order chi connectivity index (χ0) is 11.0. The number of carbonyl (C=O) groups excluding carboxylic acids is 3. The molecule has 14 heavy (non-hydrogen) atoms. The molecule has 6 nitrogen and oxygen atoms in total. The van der Waals surface area contributed by atoms with Crippen LogP contribution in [-0.4, -0.2) is 38.1 Å². The quantitative estimate of drug-likeness (QED) is 0.468. The molecule has 0 aromatic rings. The van der Waals surface area contributed by atoms with Crippen molar-refractivity contribution in [2.75, 3.05) is 20.3 Å². The van der Waals surface area contributed by atoms with Gasteiger partial charge in [0.15, 0.2) is 0 Å². The van der Waals surface area contributed by atoms with E-state index in [4.69, 9.17) is 0 Å². The Morgan fingerprint density at radius 2 is 1.86 bits per heavy atom. The van der Waals surface area contributed by atoms with Gasteiger partial charge >= 0.3 is 11.9 Å². The SMILES string of the molecule is CCOC(=O)CNC(=O)CC(=O)OC. The highest BCUT2D eigenvalue weighted by molar-refractivity contribution is 5.95. The number of hydrogen-bond acceptors (Lipinski definition) is 5. The lowest BCUT2D eigenvalue weighted by molar-refractivity contribution is -0.147. The molecular formula is C8H13NO5. The van der Waals surface area contributed by atoms with Crippen LogP contribution < -0.4 is 5.32 Å². The second-order valence-electron chi connectivity index (χ2n) is 2.33. The van der Waals surface area contributed by atoms with Crippen molar-refractivity contribution in [1.29, 1.82) is 0 Å². The third kappa shape index (κ3) is 5.99. The van der Waals surface area contributed by atoms with Crippen molar-refractivity contribution in [2.45, 2.75) is 13.3 Å². The highest BCUT2D eigenvalue weighted by atomic mass is 16.5. The molecule has 0 aliphatic carbocycles. The first-order chi connectivity index (χ1) is 6.60. The van der Waals surface area contributed by atoms with Crippen LogP contribution in [0.1, 0.15) is 13.3 Å². The highest BCUT2D eigenvalue weighted by Crippen LogP contribution is 1.84. The van der Waals surface area contributed by atoms with Gasteiger partial charge in [-0.05, 0) is 6.92 Å². The molecule has 0 radical (unpaired) electrons. The molecule has 0 saturated carbocycles. The van der Waals surface area contributed by atoms with Gasteiger partial charge in [-0.3, -0.25) is 14.4 Å². The largest absolute Gasteiger partial charge is 0.469 e. The van der Waals surface area contributed by atoms with Crippen molar-refractivity contribution >= 4 is 17.8 Å². The van der Waals surface area contributed by atoms with E-state index in [9.17, 15) is 14.4 Å². The summed E-state index contributed by atoms with van der Waals surface area (Å²) in [6.45, 7) is 1.68. The monoisotopic (exact) mass is 203 g/mol. The van der Waals surface area contributed by atoms with Gasteiger partial charge in [-0.1, -0.05) is 0 Å². The first-order valence-corrected chi connectivity index (χ1v) is 4.09. The molecule has 1 N–H and O–H groups in total. The van der Waals surface area contributed by atoms with Crippen molar-refractivity contribution in [3.8, 4) is 0 Å². The van der Waals surface area contributed by atoms with Gasteiger partial charge in [0.2, 0.25) is 5.91 Å². The Morgan fingerprint density at radius 3 is 2.36 bits per heavy atom. The van der Waals surface area contributed by atoms with Gasteiger partial charge in [-0.2, -0.15) is 0 Å². The summed E-state index contributed by atoms with van der Waals surface area (Å²) >= 11 is 0. The Hall–Kier alpha value is -1.59. The van der Waals surface area contributed by atoms with Crippen LogP contribution in [-0.2, 0) is 23.9 Å². The Labute approximate surface area is 81.6 Å². The Morgan fingerprint density at radius 1 is 1.21 bits per heavy atom. The number of methoxy groups -OCH3 is 1. The summed E-state index contributed by atoms with van der Waals surface area (Å²) in [6.07, 6.45) is -0.393. The zero-order valence-corrected chi connectivity index (χ0v) is 8.16. The minimum atomic E-state index is -0.647. The third-order valence-electron chi connectivity index (χ3n) is 1.27. The fraction of sp³-hybridized carbons (Fsp3) is 0.625. The van der Waals surface area contributed by atoms with Crippen molar-refractivity contribution in [1.82, 2.24) is 5.32 Å². The molecule has 0 aromatic heterocycles. The van der Waals surface area contributed by atoms with Crippen molar-refractivity contribution in [2.24, 2.45) is 0 Å². The molecule has 80 valence electrons. The second kappa shape index (κ2) is 6.88. The zero-order valence-electron chi connectivity index (χ0n) is 8.16. The van der Waals surface area contributed by atoms with Crippen molar-refractivity contribution < 1.29 is 23.9 Å². The lowest BCUT2D eigenvalue weighted by Gasteiger charge is -2.03. The molecule has 0 saturated heterocycles. The van der Waals surface area contributed by atoms with Crippen LogP contribution >= 0.6 is 0 Å². The maximum atomic E-state index is 10.9. The van der Waals surface area contributed by atoms with Gasteiger partial charge < -0.3 is 14.8 Å². The first kappa shape index (κ1) is 12.4. The van der Waals surface area contributed by atoms with Gasteiger partial charge in [0.25, 0.3) is 0 Å². The minimum absolute atomic E-state index is 0.232. The van der Waals surface area contributed by atoms with E-state index < -0.39 is 24.3 Å². The fourth-order valence-corrected chi connectivity index (χ4v) is 0.649. The van der Waals surface area contributed by atoms with Gasteiger partial charge in [0.05, 0.1) is 13.7 Å². The number of rotatable bonds is 5. The fourth-order valence-electron chi connectivity index (χ4n) is 0.649. The molecule has 0 rings (SSSR count). The van der Waals surface area contributed by atoms with Crippen molar-refractivity contribution in [3.05, 3.63) is 0 Å². The molecule has 0 heterocycles. The van der Waals surface area contributed by atoms with E-state index in [1.54, 1.807) is 6.92 Å². The molecular weight excluding hydrogens is 190 g/mol. The normalized spacial score (nSPS) is 9.00. The van der Waals surface area contributed by atoms with Crippen LogP contribution in [0.15, 0.2) is 0 Å². The third-order valence-corrected chi connectivity index (χ3v) is 1.27. The summed E-state index contributed by atoms with van der Waals surface area (Å²) in [5, 5.41) is 2.22. The molecule has 0 atom stereocenters. The van der Waals surface area contributed by atoms with Gasteiger partial charge in [-0.15, -0.1) is 0 Å². The Kier molecular flexibility index (Phi) is 6.09. The predicted molar refractivity (Wildman–Crippen MR) is 46.3 cm³/mol. The van der Waals surface area contributed by atoms with E-state index in [2.05, 4.69) is 14.8 Å². The van der Waals surface area contributed by atoms with Gasteiger partial charge in [-0.25, -0.2) is 0 Å². The lowest BCUT2D eigenvalue weighted by atomic mass is 10.4. The summed E-state index contributed by atoms with van der Waals surface area (Å²) in [5.41, 5.74) is 0. The Bertz CT molecular complexity index is 226.